The summed E-state index contributed by atoms with van der Waals surface area (Å²) in [6, 6.07) is 2.38. The summed E-state index contributed by atoms with van der Waals surface area (Å²) in [7, 11) is -8.07. The van der Waals surface area contributed by atoms with Crippen LogP contribution in [0.25, 0.3) is 0 Å². The monoisotopic (exact) mass is 339 g/mol. The van der Waals surface area contributed by atoms with Crippen LogP contribution in [0.2, 0.25) is 0 Å². The van der Waals surface area contributed by atoms with Crippen molar-refractivity contribution in [2.75, 3.05) is 19.4 Å². The summed E-state index contributed by atoms with van der Waals surface area (Å²) in [5, 5.41) is 0. The number of carbonyl (C=O) groups is 1. The second-order valence-electron chi connectivity index (χ2n) is 3.99. The lowest BCUT2D eigenvalue weighted by atomic mass is 10.3. The molecule has 0 spiro atoms. The molecular weight excluding hydrogens is 325 g/mol. The summed E-state index contributed by atoms with van der Waals surface area (Å²) in [4.78, 5) is 9.89. The van der Waals surface area contributed by atoms with E-state index in [0.29, 0.717) is 6.07 Å². The average Bonchev–Trinajstić information content (AvgIpc) is 2.36. The molecule has 0 aromatic heterocycles. The fourth-order valence-corrected chi connectivity index (χ4v) is 3.16. The molecule has 0 aliphatic carbocycles. The molecule has 7 nitrogen and oxygen atoms in total. The SMILES string of the molecule is CCOC(=O)CNS(=O)(=O)c1cc(S(C)(=O)=O)ccc1F. The van der Waals surface area contributed by atoms with Gasteiger partial charge in [-0.05, 0) is 25.1 Å². The molecule has 118 valence electrons. The average molecular weight is 339 g/mol. The van der Waals surface area contributed by atoms with Gasteiger partial charge >= 0.3 is 5.97 Å². The number of halogens is 1. The van der Waals surface area contributed by atoms with E-state index in [9.17, 15) is 26.0 Å². The Labute approximate surface area is 122 Å². The van der Waals surface area contributed by atoms with Crippen molar-refractivity contribution in [3.05, 3.63) is 24.0 Å². The minimum Gasteiger partial charge on any atom is -0.465 e. The molecule has 0 saturated carbocycles. The van der Waals surface area contributed by atoms with Crippen molar-refractivity contribution < 1.29 is 30.8 Å². The number of sulfone groups is 1. The lowest BCUT2D eigenvalue weighted by molar-refractivity contribution is -0.141. The minimum atomic E-state index is -4.38. The van der Waals surface area contributed by atoms with Crippen LogP contribution in [0, 0.1) is 5.82 Å². The Morgan fingerprint density at radius 3 is 2.43 bits per heavy atom. The molecule has 21 heavy (non-hydrogen) atoms. The summed E-state index contributed by atoms with van der Waals surface area (Å²) in [6.45, 7) is 0.929. The van der Waals surface area contributed by atoms with Crippen LogP contribution in [-0.4, -0.2) is 42.2 Å². The highest BCUT2D eigenvalue weighted by atomic mass is 32.2. The Bertz CT molecular complexity index is 742. The van der Waals surface area contributed by atoms with Crippen molar-refractivity contribution in [1.29, 1.82) is 0 Å². The molecule has 0 unspecified atom stereocenters. The van der Waals surface area contributed by atoms with Crippen molar-refractivity contribution in [1.82, 2.24) is 4.72 Å². The van der Waals surface area contributed by atoms with E-state index in [2.05, 4.69) is 4.74 Å². The maximum atomic E-state index is 13.6. The Kier molecular flexibility index (Phi) is 5.42. The van der Waals surface area contributed by atoms with E-state index >= 15 is 0 Å². The van der Waals surface area contributed by atoms with Gasteiger partial charge in [-0.15, -0.1) is 0 Å². The normalized spacial score (nSPS) is 12.1. The highest BCUT2D eigenvalue weighted by Gasteiger charge is 2.22. The number of sulfonamides is 1. The number of ether oxygens (including phenoxy) is 1. The quantitative estimate of drug-likeness (QED) is 0.581. The molecule has 0 aliphatic rings. The summed E-state index contributed by atoms with van der Waals surface area (Å²) < 4.78 is 66.5. The third-order valence-electron chi connectivity index (χ3n) is 2.33. The second-order valence-corrected chi connectivity index (χ2v) is 7.75. The van der Waals surface area contributed by atoms with E-state index in [1.807, 2.05) is 4.72 Å². The van der Waals surface area contributed by atoms with Crippen molar-refractivity contribution in [2.45, 2.75) is 16.7 Å². The summed E-state index contributed by atoms with van der Waals surface area (Å²) in [5.41, 5.74) is 0. The summed E-state index contributed by atoms with van der Waals surface area (Å²) >= 11 is 0. The predicted molar refractivity (Wildman–Crippen MR) is 71.3 cm³/mol. The Hall–Kier alpha value is -1.52. The molecule has 0 radical (unpaired) electrons. The van der Waals surface area contributed by atoms with Gasteiger partial charge in [-0.2, -0.15) is 4.72 Å². The van der Waals surface area contributed by atoms with Crippen LogP contribution < -0.4 is 4.72 Å². The van der Waals surface area contributed by atoms with Crippen molar-refractivity contribution in [3.8, 4) is 0 Å². The number of benzene rings is 1. The number of hydrogen-bond acceptors (Lipinski definition) is 6. The fraction of sp³-hybridized carbons (Fsp3) is 0.364. The van der Waals surface area contributed by atoms with Crippen LogP contribution in [0.15, 0.2) is 28.0 Å². The maximum absolute atomic E-state index is 13.6. The van der Waals surface area contributed by atoms with Crippen molar-refractivity contribution in [3.63, 3.8) is 0 Å². The van der Waals surface area contributed by atoms with Crippen LogP contribution >= 0.6 is 0 Å². The Balaban J connectivity index is 3.11. The van der Waals surface area contributed by atoms with Gasteiger partial charge < -0.3 is 4.74 Å². The molecular formula is C11H14FNO6S2. The first kappa shape index (κ1) is 17.5. The summed E-state index contributed by atoms with van der Waals surface area (Å²) in [5.74, 6) is -1.96. The topological polar surface area (TPSA) is 107 Å². The maximum Gasteiger partial charge on any atom is 0.321 e. The highest BCUT2D eigenvalue weighted by molar-refractivity contribution is 7.91. The number of esters is 1. The zero-order valence-electron chi connectivity index (χ0n) is 11.3. The molecule has 10 heteroatoms. The molecule has 0 saturated heterocycles. The third-order valence-corrected chi connectivity index (χ3v) is 4.86. The molecule has 0 fully saturated rings. The number of carbonyl (C=O) groups excluding carboxylic acids is 1. The van der Waals surface area contributed by atoms with Crippen LogP contribution in [0.5, 0.6) is 0 Å². The van der Waals surface area contributed by atoms with E-state index < -0.39 is 43.1 Å². The standard InChI is InChI=1S/C11H14FNO6S2/c1-3-19-11(14)7-13-21(17,18)10-6-8(20(2,15)16)4-5-9(10)12/h4-6,13H,3,7H2,1-2H3. The van der Waals surface area contributed by atoms with E-state index in [0.717, 1.165) is 18.4 Å². The zero-order valence-corrected chi connectivity index (χ0v) is 12.9. The van der Waals surface area contributed by atoms with Gasteiger partial charge in [-0.1, -0.05) is 0 Å². The Morgan fingerprint density at radius 2 is 1.90 bits per heavy atom. The van der Waals surface area contributed by atoms with Crippen LogP contribution in [-0.2, 0) is 29.4 Å². The van der Waals surface area contributed by atoms with Crippen LogP contribution in [0.1, 0.15) is 6.92 Å². The largest absolute Gasteiger partial charge is 0.465 e. The predicted octanol–water partition coefficient (Wildman–Crippen LogP) is 0.0706. The van der Waals surface area contributed by atoms with Gasteiger partial charge in [0, 0.05) is 6.26 Å². The van der Waals surface area contributed by atoms with Gasteiger partial charge in [0.15, 0.2) is 9.84 Å². The molecule has 1 N–H and O–H groups in total. The number of nitrogens with one attached hydrogen (secondary N) is 1. The Morgan fingerprint density at radius 1 is 1.29 bits per heavy atom. The molecule has 1 aromatic carbocycles. The lowest BCUT2D eigenvalue weighted by Gasteiger charge is -2.08. The van der Waals surface area contributed by atoms with Crippen molar-refractivity contribution in [2.24, 2.45) is 0 Å². The van der Waals surface area contributed by atoms with Gasteiger partial charge in [-0.3, -0.25) is 4.79 Å². The third kappa shape index (κ3) is 4.76. The first-order valence-electron chi connectivity index (χ1n) is 5.73. The molecule has 1 rings (SSSR count). The van der Waals surface area contributed by atoms with E-state index in [4.69, 9.17) is 0 Å². The van der Waals surface area contributed by atoms with E-state index in [-0.39, 0.29) is 11.5 Å². The van der Waals surface area contributed by atoms with Gasteiger partial charge in [0.2, 0.25) is 10.0 Å². The molecule has 0 heterocycles. The summed E-state index contributed by atoms with van der Waals surface area (Å²) in [6.07, 6.45) is 0.864. The van der Waals surface area contributed by atoms with E-state index in [1.54, 1.807) is 6.92 Å². The van der Waals surface area contributed by atoms with Gasteiger partial charge in [0.1, 0.15) is 17.3 Å². The number of rotatable bonds is 6. The van der Waals surface area contributed by atoms with Gasteiger partial charge in [0.25, 0.3) is 0 Å². The minimum absolute atomic E-state index is 0.0679. The molecule has 0 amide bonds. The first-order valence-corrected chi connectivity index (χ1v) is 9.10. The molecule has 1 aromatic rings. The van der Waals surface area contributed by atoms with Gasteiger partial charge in [0.05, 0.1) is 11.5 Å². The highest BCUT2D eigenvalue weighted by Crippen LogP contribution is 2.19. The molecule has 0 aliphatic heterocycles. The lowest BCUT2D eigenvalue weighted by Crippen LogP contribution is -2.31. The van der Waals surface area contributed by atoms with Crippen LogP contribution in [0.4, 0.5) is 4.39 Å². The molecule has 0 bridgehead atoms. The zero-order chi connectivity index (χ0) is 16.3. The van der Waals surface area contributed by atoms with Crippen LogP contribution in [0.3, 0.4) is 0 Å². The second kappa shape index (κ2) is 6.50. The smallest absolute Gasteiger partial charge is 0.321 e. The van der Waals surface area contributed by atoms with Crippen molar-refractivity contribution >= 4 is 25.8 Å². The number of hydrogen-bond donors (Lipinski definition) is 1. The molecule has 0 atom stereocenters. The van der Waals surface area contributed by atoms with Gasteiger partial charge in [-0.25, -0.2) is 21.2 Å². The first-order chi connectivity index (χ1) is 9.58. The van der Waals surface area contributed by atoms with E-state index in [1.165, 1.54) is 0 Å². The fourth-order valence-electron chi connectivity index (χ4n) is 1.36.